The molecule has 3 aromatic rings. The van der Waals surface area contributed by atoms with Gasteiger partial charge in [-0.15, -0.1) is 0 Å². The predicted octanol–water partition coefficient (Wildman–Crippen LogP) is 4.88. The average molecular weight is 588 g/mol. The van der Waals surface area contributed by atoms with Gasteiger partial charge in [0.15, 0.2) is 12.7 Å². The number of anilines is 1. The number of nitrogens with one attached hydrogen (secondary N) is 1. The molecule has 1 aromatic heterocycles. The second kappa shape index (κ2) is 18.1. The molecule has 1 heterocycles. The first-order valence-corrected chi connectivity index (χ1v) is 14.5. The maximum absolute atomic E-state index is 12.7. The zero-order chi connectivity index (χ0) is 25.4. The highest BCUT2D eigenvalue weighted by atomic mass is 79.9. The van der Waals surface area contributed by atoms with E-state index in [2.05, 4.69) is 41.5 Å². The highest BCUT2D eigenvalue weighted by Gasteiger charge is 2.09. The Morgan fingerprint density at radius 3 is 2.27 bits per heavy atom. The van der Waals surface area contributed by atoms with E-state index < -0.39 is 0 Å². The fraction of sp³-hybridized carbons (Fsp3) is 0.484. The van der Waals surface area contributed by atoms with Crippen LogP contribution in [0, 0.1) is 6.92 Å². The Morgan fingerprint density at radius 1 is 0.892 bits per heavy atom. The Kier molecular flexibility index (Phi) is 15.2. The largest absolute Gasteiger partial charge is 1.00 e. The van der Waals surface area contributed by atoms with Gasteiger partial charge in [-0.25, -0.2) is 0 Å². The van der Waals surface area contributed by atoms with E-state index in [1.165, 1.54) is 62.7 Å². The van der Waals surface area contributed by atoms with E-state index in [1.54, 1.807) is 11.3 Å². The number of amides is 1. The van der Waals surface area contributed by atoms with Crippen molar-refractivity contribution in [2.45, 2.75) is 91.0 Å². The fourth-order valence-electron chi connectivity index (χ4n) is 4.40. The molecule has 0 unspecified atom stereocenters. The van der Waals surface area contributed by atoms with Gasteiger partial charge in [-0.2, -0.15) is 4.57 Å². The van der Waals surface area contributed by atoms with Crippen LogP contribution in [0.2, 0.25) is 0 Å². The average Bonchev–Trinajstić information content (AvgIpc) is 3.27. The quantitative estimate of drug-likeness (QED) is 0.181. The number of hydrogen-bond donors (Lipinski definition) is 1. The van der Waals surface area contributed by atoms with Gasteiger partial charge in [0.1, 0.15) is 5.75 Å². The number of carbonyl (C=O) groups is 1. The number of carbonyl (C=O) groups excluding carboxylic acids is 1. The van der Waals surface area contributed by atoms with Gasteiger partial charge in [0.25, 0.3) is 0 Å². The topological polar surface area (TPSA) is 42.2 Å². The van der Waals surface area contributed by atoms with Crippen LogP contribution in [-0.4, -0.2) is 12.5 Å². The van der Waals surface area contributed by atoms with E-state index in [1.807, 2.05) is 42.5 Å². The minimum absolute atomic E-state index is 0. The molecule has 3 rings (SSSR count). The smallest absolute Gasteiger partial charge is 0.228 e. The van der Waals surface area contributed by atoms with Crippen LogP contribution in [0.15, 0.2) is 60.2 Å². The van der Waals surface area contributed by atoms with Crippen molar-refractivity contribution >= 4 is 22.9 Å². The Labute approximate surface area is 238 Å². The molecule has 0 radical (unpaired) electrons. The maximum Gasteiger partial charge on any atom is 0.228 e. The Morgan fingerprint density at radius 2 is 1.57 bits per heavy atom. The van der Waals surface area contributed by atoms with Crippen molar-refractivity contribution in [3.8, 4) is 5.75 Å². The number of ether oxygens (including phenoxy) is 1. The van der Waals surface area contributed by atoms with Gasteiger partial charge in [-0.05, 0) is 43.2 Å². The van der Waals surface area contributed by atoms with Gasteiger partial charge in [-0.1, -0.05) is 100 Å². The third kappa shape index (κ3) is 12.8. The summed E-state index contributed by atoms with van der Waals surface area (Å²) in [5.74, 6) is 0.833. The molecule has 6 heteroatoms. The molecule has 37 heavy (non-hydrogen) atoms. The molecule has 2 aromatic carbocycles. The van der Waals surface area contributed by atoms with Crippen molar-refractivity contribution < 1.29 is 31.1 Å². The summed E-state index contributed by atoms with van der Waals surface area (Å²) >= 11 is 1.74. The first-order chi connectivity index (χ1) is 17.6. The second-order valence-electron chi connectivity index (χ2n) is 9.74. The summed E-state index contributed by atoms with van der Waals surface area (Å²) in [6, 6.07) is 16.0. The molecule has 4 nitrogen and oxygen atoms in total. The standard InChI is InChI=1S/C31H42N2O2S.BrH/c1-3-4-5-6-7-8-9-10-11-12-19-35-30-18-14-15-27(21-30)22-31(34)32-29-17-13-16-28(20-29)24-33-23-26(2)36-25-33;/h13-18,20-21,23,25H,3-12,19,22,24H2,1-2H3;1H. The minimum atomic E-state index is -0.0157. The molecule has 1 amide bonds. The normalized spacial score (nSPS) is 10.6. The van der Waals surface area contributed by atoms with Gasteiger partial charge < -0.3 is 27.0 Å². The van der Waals surface area contributed by atoms with E-state index in [0.717, 1.165) is 42.1 Å². The Bertz CT molecular complexity index is 1050. The lowest BCUT2D eigenvalue weighted by atomic mass is 10.1. The van der Waals surface area contributed by atoms with Crippen molar-refractivity contribution in [2.75, 3.05) is 11.9 Å². The molecular formula is C31H43BrN2O2S. The molecule has 0 aliphatic carbocycles. The van der Waals surface area contributed by atoms with Crippen molar-refractivity contribution in [3.05, 3.63) is 76.2 Å². The van der Waals surface area contributed by atoms with E-state index in [9.17, 15) is 4.79 Å². The van der Waals surface area contributed by atoms with Gasteiger partial charge >= 0.3 is 0 Å². The monoisotopic (exact) mass is 586 g/mol. The van der Waals surface area contributed by atoms with Gasteiger partial charge in [0.05, 0.1) is 17.9 Å². The van der Waals surface area contributed by atoms with Crippen LogP contribution in [-0.2, 0) is 17.8 Å². The SMILES string of the molecule is CCCCCCCCCCCCOc1cccc(CC(=O)Nc2cccc(C[n+]3csc(C)c3)c2)c1.[Br-]. The first kappa shape index (κ1) is 31.0. The number of rotatable bonds is 17. The number of thiazole rings is 1. The molecule has 0 saturated heterocycles. The summed E-state index contributed by atoms with van der Waals surface area (Å²) in [4.78, 5) is 14.0. The lowest BCUT2D eigenvalue weighted by molar-refractivity contribution is -0.683. The van der Waals surface area contributed by atoms with Crippen LogP contribution in [0.3, 0.4) is 0 Å². The molecule has 0 bridgehead atoms. The number of nitrogens with zero attached hydrogens (tertiary/aromatic N) is 1. The lowest BCUT2D eigenvalue weighted by Crippen LogP contribution is -3.00. The van der Waals surface area contributed by atoms with Crippen LogP contribution >= 0.6 is 11.3 Å². The summed E-state index contributed by atoms with van der Waals surface area (Å²) in [5, 5.41) is 3.05. The fourth-order valence-corrected chi connectivity index (χ4v) is 5.04. The van der Waals surface area contributed by atoms with Gasteiger partial charge in [0, 0.05) is 11.3 Å². The third-order valence-electron chi connectivity index (χ3n) is 6.33. The summed E-state index contributed by atoms with van der Waals surface area (Å²) in [5.41, 5.74) is 5.08. The predicted molar refractivity (Wildman–Crippen MR) is 151 cm³/mol. The van der Waals surface area contributed by atoms with Crippen LogP contribution in [0.5, 0.6) is 5.75 Å². The molecule has 0 spiro atoms. The second-order valence-corrected chi connectivity index (χ2v) is 10.8. The van der Waals surface area contributed by atoms with Crippen LogP contribution < -0.4 is 31.6 Å². The van der Waals surface area contributed by atoms with Crippen LogP contribution in [0.25, 0.3) is 0 Å². The molecule has 0 atom stereocenters. The molecule has 202 valence electrons. The highest BCUT2D eigenvalue weighted by Crippen LogP contribution is 2.17. The highest BCUT2D eigenvalue weighted by molar-refractivity contribution is 7.09. The minimum Gasteiger partial charge on any atom is -1.00 e. The number of aromatic nitrogens is 1. The van der Waals surface area contributed by atoms with E-state index in [0.29, 0.717) is 6.42 Å². The van der Waals surface area contributed by atoms with Gasteiger partial charge in [-0.3, -0.25) is 4.79 Å². The van der Waals surface area contributed by atoms with E-state index >= 15 is 0 Å². The Balaban J connectivity index is 0.00000481. The summed E-state index contributed by atoms with van der Waals surface area (Å²) in [7, 11) is 0. The molecule has 0 fully saturated rings. The maximum atomic E-state index is 12.7. The van der Waals surface area contributed by atoms with Crippen molar-refractivity contribution in [3.63, 3.8) is 0 Å². The molecule has 0 aliphatic rings. The molecular weight excluding hydrogens is 544 g/mol. The number of hydrogen-bond acceptors (Lipinski definition) is 3. The van der Waals surface area contributed by atoms with Crippen molar-refractivity contribution in [1.82, 2.24) is 0 Å². The number of halogens is 1. The first-order valence-electron chi connectivity index (χ1n) is 13.7. The molecule has 0 aliphatic heterocycles. The number of aryl methyl sites for hydroxylation is 1. The number of benzene rings is 2. The van der Waals surface area contributed by atoms with E-state index in [4.69, 9.17) is 4.74 Å². The zero-order valence-electron chi connectivity index (χ0n) is 22.5. The lowest BCUT2D eigenvalue weighted by Gasteiger charge is -2.09. The van der Waals surface area contributed by atoms with Crippen molar-refractivity contribution in [1.29, 1.82) is 0 Å². The van der Waals surface area contributed by atoms with Crippen LogP contribution in [0.4, 0.5) is 5.69 Å². The molecule has 0 saturated carbocycles. The zero-order valence-corrected chi connectivity index (χ0v) is 24.9. The summed E-state index contributed by atoms with van der Waals surface area (Å²) in [6.07, 6.45) is 15.7. The molecule has 1 N–H and O–H groups in total. The van der Waals surface area contributed by atoms with E-state index in [-0.39, 0.29) is 22.9 Å². The van der Waals surface area contributed by atoms with Crippen LogP contribution in [0.1, 0.15) is 87.1 Å². The Hall–Kier alpha value is -2.18. The summed E-state index contributed by atoms with van der Waals surface area (Å²) in [6.45, 7) is 5.91. The van der Waals surface area contributed by atoms with Crippen molar-refractivity contribution in [2.24, 2.45) is 0 Å². The third-order valence-corrected chi connectivity index (χ3v) is 7.18. The van der Waals surface area contributed by atoms with Gasteiger partial charge in [0.2, 0.25) is 11.4 Å². The summed E-state index contributed by atoms with van der Waals surface area (Å²) < 4.78 is 8.13. The number of unbranched alkanes of at least 4 members (excludes halogenated alkanes) is 9.